The third-order valence-corrected chi connectivity index (χ3v) is 5.69. The maximum absolute atomic E-state index is 12.7. The Bertz CT molecular complexity index is 993. The summed E-state index contributed by atoms with van der Waals surface area (Å²) in [7, 11) is -0.726. The van der Waals surface area contributed by atoms with Crippen molar-refractivity contribution in [2.75, 3.05) is 39.3 Å². The van der Waals surface area contributed by atoms with Gasteiger partial charge in [-0.3, -0.25) is 5.32 Å². The van der Waals surface area contributed by atoms with Crippen LogP contribution in [0.3, 0.4) is 0 Å². The Kier molecular flexibility index (Phi) is 8.95. The van der Waals surface area contributed by atoms with Crippen molar-refractivity contribution in [3.63, 3.8) is 0 Å². The molecule has 1 amide bonds. The molecule has 0 unspecified atom stereocenters. The molecule has 170 valence electrons. The van der Waals surface area contributed by atoms with Crippen molar-refractivity contribution in [3.8, 4) is 17.2 Å². The summed E-state index contributed by atoms with van der Waals surface area (Å²) in [6, 6.07) is 9.65. The standard InChI is InChI=1S/C21H28N2O7S/c1-5-29-18-10-8-16(14-17(18)23-21(24)30-6-2)31(25,26)22-12-11-15-7-9-19(27-3)20(13-15)28-4/h7-10,13-14,22H,5-6,11-12H2,1-4H3,(H,23,24). The van der Waals surface area contributed by atoms with Crippen LogP contribution < -0.4 is 24.2 Å². The normalized spacial score (nSPS) is 11.0. The van der Waals surface area contributed by atoms with Crippen molar-refractivity contribution >= 4 is 21.8 Å². The minimum Gasteiger partial charge on any atom is -0.493 e. The quantitative estimate of drug-likeness (QED) is 0.538. The molecule has 0 radical (unpaired) electrons. The van der Waals surface area contributed by atoms with E-state index in [1.54, 1.807) is 33.1 Å². The lowest BCUT2D eigenvalue weighted by molar-refractivity contribution is 0.167. The number of methoxy groups -OCH3 is 2. The van der Waals surface area contributed by atoms with E-state index >= 15 is 0 Å². The first-order chi connectivity index (χ1) is 14.8. The summed E-state index contributed by atoms with van der Waals surface area (Å²) in [5.41, 5.74) is 1.10. The molecular weight excluding hydrogens is 424 g/mol. The number of carbonyl (C=O) groups excluding carboxylic acids is 1. The van der Waals surface area contributed by atoms with Crippen LogP contribution in [0.4, 0.5) is 10.5 Å². The summed E-state index contributed by atoms with van der Waals surface area (Å²) < 4.78 is 48.8. The fourth-order valence-electron chi connectivity index (χ4n) is 2.78. The van der Waals surface area contributed by atoms with Crippen LogP contribution in [0.2, 0.25) is 0 Å². The molecule has 0 spiro atoms. The molecule has 9 nitrogen and oxygen atoms in total. The molecule has 0 aliphatic carbocycles. The van der Waals surface area contributed by atoms with E-state index in [0.29, 0.717) is 30.3 Å². The molecule has 2 aromatic carbocycles. The molecular formula is C21H28N2O7S. The highest BCUT2D eigenvalue weighted by molar-refractivity contribution is 7.89. The maximum Gasteiger partial charge on any atom is 0.411 e. The second kappa shape index (κ2) is 11.4. The van der Waals surface area contributed by atoms with Crippen LogP contribution in [0.5, 0.6) is 17.2 Å². The van der Waals surface area contributed by atoms with Crippen LogP contribution >= 0.6 is 0 Å². The van der Waals surface area contributed by atoms with Gasteiger partial charge in [0.1, 0.15) is 5.75 Å². The van der Waals surface area contributed by atoms with Gasteiger partial charge in [0, 0.05) is 6.54 Å². The van der Waals surface area contributed by atoms with Crippen molar-refractivity contribution in [3.05, 3.63) is 42.0 Å². The van der Waals surface area contributed by atoms with Gasteiger partial charge >= 0.3 is 6.09 Å². The minimum absolute atomic E-state index is 0.00457. The van der Waals surface area contributed by atoms with Crippen LogP contribution in [0.1, 0.15) is 19.4 Å². The summed E-state index contributed by atoms with van der Waals surface area (Å²) in [5, 5.41) is 2.51. The fourth-order valence-corrected chi connectivity index (χ4v) is 3.84. The van der Waals surface area contributed by atoms with E-state index in [9.17, 15) is 13.2 Å². The van der Waals surface area contributed by atoms with Crippen LogP contribution in [0.25, 0.3) is 0 Å². The molecule has 0 fully saturated rings. The average Bonchev–Trinajstić information content (AvgIpc) is 2.75. The number of sulfonamides is 1. The number of anilines is 1. The molecule has 0 bridgehead atoms. The number of carbonyl (C=O) groups is 1. The molecule has 0 aliphatic heterocycles. The van der Waals surface area contributed by atoms with E-state index in [-0.39, 0.29) is 23.7 Å². The first-order valence-corrected chi connectivity index (χ1v) is 11.2. The van der Waals surface area contributed by atoms with Gasteiger partial charge in [-0.25, -0.2) is 17.9 Å². The predicted molar refractivity (Wildman–Crippen MR) is 117 cm³/mol. The fraction of sp³-hybridized carbons (Fsp3) is 0.381. The number of nitrogens with one attached hydrogen (secondary N) is 2. The van der Waals surface area contributed by atoms with Crippen LogP contribution in [0, 0.1) is 0 Å². The van der Waals surface area contributed by atoms with Gasteiger partial charge < -0.3 is 18.9 Å². The smallest absolute Gasteiger partial charge is 0.411 e. The highest BCUT2D eigenvalue weighted by Gasteiger charge is 2.18. The largest absolute Gasteiger partial charge is 0.493 e. The Hall–Kier alpha value is -2.98. The van der Waals surface area contributed by atoms with E-state index < -0.39 is 16.1 Å². The zero-order valence-corrected chi connectivity index (χ0v) is 18.9. The molecule has 2 aromatic rings. The third kappa shape index (κ3) is 6.76. The highest BCUT2D eigenvalue weighted by atomic mass is 32.2. The van der Waals surface area contributed by atoms with Gasteiger partial charge in [0.15, 0.2) is 11.5 Å². The zero-order valence-electron chi connectivity index (χ0n) is 18.1. The second-order valence-electron chi connectivity index (χ2n) is 6.27. The average molecular weight is 453 g/mol. The Balaban J connectivity index is 2.12. The van der Waals surface area contributed by atoms with Gasteiger partial charge in [0.05, 0.1) is 38.0 Å². The summed E-state index contributed by atoms with van der Waals surface area (Å²) in [6.45, 7) is 4.17. The van der Waals surface area contributed by atoms with Gasteiger partial charge in [-0.05, 0) is 56.2 Å². The number of rotatable bonds is 11. The van der Waals surface area contributed by atoms with E-state index in [1.165, 1.54) is 25.3 Å². The molecule has 10 heteroatoms. The van der Waals surface area contributed by atoms with Crippen molar-refractivity contribution in [2.45, 2.75) is 25.2 Å². The molecule has 2 rings (SSSR count). The van der Waals surface area contributed by atoms with E-state index in [4.69, 9.17) is 18.9 Å². The number of hydrogen-bond acceptors (Lipinski definition) is 7. The third-order valence-electron chi connectivity index (χ3n) is 4.23. The summed E-state index contributed by atoms with van der Waals surface area (Å²) in [6.07, 6.45) is -0.246. The Morgan fingerprint density at radius 1 is 0.935 bits per heavy atom. The molecule has 0 atom stereocenters. The first kappa shape index (κ1) is 24.3. The maximum atomic E-state index is 12.7. The van der Waals surface area contributed by atoms with Crippen molar-refractivity contribution < 1.29 is 32.2 Å². The predicted octanol–water partition coefficient (Wildman–Crippen LogP) is 3.19. The first-order valence-electron chi connectivity index (χ1n) is 9.75. The zero-order chi connectivity index (χ0) is 22.9. The minimum atomic E-state index is -3.81. The van der Waals surface area contributed by atoms with E-state index in [0.717, 1.165) is 5.56 Å². The number of hydrogen-bond donors (Lipinski definition) is 2. The van der Waals surface area contributed by atoms with Crippen LogP contribution in [0.15, 0.2) is 41.3 Å². The monoisotopic (exact) mass is 452 g/mol. The Morgan fingerprint density at radius 3 is 2.29 bits per heavy atom. The Morgan fingerprint density at radius 2 is 1.65 bits per heavy atom. The molecule has 0 heterocycles. The Labute approximate surface area is 182 Å². The second-order valence-corrected chi connectivity index (χ2v) is 8.04. The van der Waals surface area contributed by atoms with E-state index in [1.807, 2.05) is 6.07 Å². The summed E-state index contributed by atoms with van der Waals surface area (Å²) in [5.74, 6) is 1.52. The topological polar surface area (TPSA) is 112 Å². The molecule has 0 aliphatic rings. The number of ether oxygens (including phenoxy) is 4. The lowest BCUT2D eigenvalue weighted by atomic mass is 10.1. The SMILES string of the molecule is CCOC(=O)Nc1cc(S(=O)(=O)NCCc2ccc(OC)c(OC)c2)ccc1OCC. The van der Waals surface area contributed by atoms with Gasteiger partial charge in [0.25, 0.3) is 0 Å². The molecule has 0 saturated heterocycles. The van der Waals surface area contributed by atoms with Crippen molar-refractivity contribution in [1.82, 2.24) is 4.72 Å². The molecule has 2 N–H and O–H groups in total. The van der Waals surface area contributed by atoms with Crippen LogP contribution in [-0.2, 0) is 21.2 Å². The van der Waals surface area contributed by atoms with Gasteiger partial charge in [0.2, 0.25) is 10.0 Å². The number of amides is 1. The summed E-state index contributed by atoms with van der Waals surface area (Å²) in [4.78, 5) is 11.8. The van der Waals surface area contributed by atoms with Crippen molar-refractivity contribution in [2.24, 2.45) is 0 Å². The van der Waals surface area contributed by atoms with Gasteiger partial charge in [-0.15, -0.1) is 0 Å². The highest BCUT2D eigenvalue weighted by Crippen LogP contribution is 2.29. The molecule has 31 heavy (non-hydrogen) atoms. The van der Waals surface area contributed by atoms with Crippen LogP contribution in [-0.4, -0.2) is 48.5 Å². The lowest BCUT2D eigenvalue weighted by Gasteiger charge is -2.14. The molecule has 0 aromatic heterocycles. The van der Waals surface area contributed by atoms with E-state index in [2.05, 4.69) is 10.0 Å². The van der Waals surface area contributed by atoms with Gasteiger partial charge in [-0.2, -0.15) is 0 Å². The number of benzene rings is 2. The molecule has 0 saturated carbocycles. The van der Waals surface area contributed by atoms with Gasteiger partial charge in [-0.1, -0.05) is 6.07 Å². The summed E-state index contributed by atoms with van der Waals surface area (Å²) >= 11 is 0. The van der Waals surface area contributed by atoms with Crippen molar-refractivity contribution in [1.29, 1.82) is 0 Å². The lowest BCUT2D eigenvalue weighted by Crippen LogP contribution is -2.26.